The van der Waals surface area contributed by atoms with Crippen molar-refractivity contribution in [3.63, 3.8) is 0 Å². The van der Waals surface area contributed by atoms with Crippen molar-refractivity contribution in [1.82, 2.24) is 14.6 Å². The van der Waals surface area contributed by atoms with Crippen LogP contribution < -0.4 is 5.32 Å². The average molecular weight is 396 g/mol. The lowest BCUT2D eigenvalue weighted by Gasteiger charge is -2.36. The summed E-state index contributed by atoms with van der Waals surface area (Å²) >= 11 is 0. The molecule has 1 atom stereocenters. The molecule has 0 saturated carbocycles. The number of nitrogens with one attached hydrogen (secondary N) is 1. The van der Waals surface area contributed by atoms with Crippen molar-refractivity contribution in [2.24, 2.45) is 0 Å². The Kier molecular flexibility index (Phi) is 6.45. The fourth-order valence-electron chi connectivity index (χ4n) is 3.52. The summed E-state index contributed by atoms with van der Waals surface area (Å²) in [4.78, 5) is 4.62. The Labute approximate surface area is 162 Å². The summed E-state index contributed by atoms with van der Waals surface area (Å²) in [6, 6.07) is 5.60. The van der Waals surface area contributed by atoms with Crippen LogP contribution in [0.2, 0.25) is 0 Å². The van der Waals surface area contributed by atoms with Crippen LogP contribution in [0.25, 0.3) is 0 Å². The van der Waals surface area contributed by atoms with Gasteiger partial charge in [-0.1, -0.05) is 12.1 Å². The molecule has 7 heteroatoms. The molecule has 5 nitrogen and oxygen atoms in total. The molecular weight excluding hydrogens is 370 g/mol. The number of nitrogens with zero attached hydrogens (tertiary/aromatic N) is 2. The van der Waals surface area contributed by atoms with E-state index in [9.17, 15) is 8.42 Å². The van der Waals surface area contributed by atoms with Crippen LogP contribution in [0.15, 0.2) is 35.5 Å². The Morgan fingerprint density at radius 2 is 1.81 bits per heavy atom. The number of pyridine rings is 1. The van der Waals surface area contributed by atoms with Crippen LogP contribution in [-0.4, -0.2) is 37.3 Å². The van der Waals surface area contributed by atoms with E-state index >= 15 is 0 Å². The van der Waals surface area contributed by atoms with Gasteiger partial charge >= 0.3 is 0 Å². The van der Waals surface area contributed by atoms with E-state index in [-0.39, 0.29) is 18.4 Å². The minimum absolute atomic E-state index is 0. The number of sulfonamides is 1. The van der Waals surface area contributed by atoms with Crippen molar-refractivity contribution >= 4 is 22.4 Å². The molecule has 0 radical (unpaired) electrons. The van der Waals surface area contributed by atoms with Gasteiger partial charge in [0, 0.05) is 32.0 Å². The highest BCUT2D eigenvalue weighted by atomic mass is 35.5. The third-order valence-electron chi connectivity index (χ3n) is 5.13. The largest absolute Gasteiger partial charge is 0.313 e. The number of piperazine rings is 1. The van der Waals surface area contributed by atoms with Gasteiger partial charge in [0.2, 0.25) is 10.0 Å². The highest BCUT2D eigenvalue weighted by molar-refractivity contribution is 7.89. The van der Waals surface area contributed by atoms with E-state index in [1.807, 2.05) is 39.8 Å². The molecule has 0 amide bonds. The summed E-state index contributed by atoms with van der Waals surface area (Å²) in [7, 11) is -3.60. The van der Waals surface area contributed by atoms with E-state index < -0.39 is 10.0 Å². The van der Waals surface area contributed by atoms with E-state index in [0.29, 0.717) is 24.5 Å². The Bertz CT molecular complexity index is 859. The second kappa shape index (κ2) is 8.05. The van der Waals surface area contributed by atoms with Crippen molar-refractivity contribution in [1.29, 1.82) is 0 Å². The predicted molar refractivity (Wildman–Crippen MR) is 106 cm³/mol. The molecule has 0 spiro atoms. The zero-order valence-corrected chi connectivity index (χ0v) is 17.2. The molecule has 0 aliphatic carbocycles. The summed E-state index contributed by atoms with van der Waals surface area (Å²) in [5, 5.41) is 3.30. The van der Waals surface area contributed by atoms with Crippen molar-refractivity contribution in [3.05, 3.63) is 58.4 Å². The molecule has 1 unspecified atom stereocenters. The second-order valence-electron chi connectivity index (χ2n) is 6.71. The van der Waals surface area contributed by atoms with E-state index in [1.54, 1.807) is 16.7 Å². The van der Waals surface area contributed by atoms with Gasteiger partial charge in [0.25, 0.3) is 0 Å². The fourth-order valence-corrected chi connectivity index (χ4v) is 5.71. The normalized spacial score (nSPS) is 18.4. The topological polar surface area (TPSA) is 62.3 Å². The lowest BCUT2D eigenvalue weighted by atomic mass is 10.0. The third-order valence-corrected chi connectivity index (χ3v) is 7.31. The van der Waals surface area contributed by atoms with Gasteiger partial charge in [-0.25, -0.2) is 8.42 Å². The Balaban J connectivity index is 0.00000243. The predicted octanol–water partition coefficient (Wildman–Crippen LogP) is 3.07. The molecule has 0 bridgehead atoms. The van der Waals surface area contributed by atoms with Crippen LogP contribution in [0.5, 0.6) is 0 Å². The van der Waals surface area contributed by atoms with Crippen molar-refractivity contribution in [3.8, 4) is 0 Å². The third kappa shape index (κ3) is 3.64. The quantitative estimate of drug-likeness (QED) is 0.867. The number of halogens is 1. The molecule has 1 aliphatic rings. The molecular formula is C19H26ClN3O2S. The Morgan fingerprint density at radius 3 is 2.38 bits per heavy atom. The number of aromatic nitrogens is 1. The maximum Gasteiger partial charge on any atom is 0.244 e. The zero-order chi connectivity index (χ0) is 18.2. The summed E-state index contributed by atoms with van der Waals surface area (Å²) in [6.07, 6.45) is 3.46. The van der Waals surface area contributed by atoms with Crippen LogP contribution in [0.1, 0.15) is 33.9 Å². The van der Waals surface area contributed by atoms with Gasteiger partial charge in [-0.15, -0.1) is 12.4 Å². The first-order valence-electron chi connectivity index (χ1n) is 8.54. The first-order chi connectivity index (χ1) is 11.8. The highest BCUT2D eigenvalue weighted by Gasteiger charge is 2.36. The maximum atomic E-state index is 13.6. The van der Waals surface area contributed by atoms with E-state index in [4.69, 9.17) is 0 Å². The standard InChI is InChI=1S/C19H25N3O2S.ClH/c1-13-10-14(2)16(4)19(15(13)3)25(23,24)22-9-8-21-12-18(22)17-6-5-7-20-11-17;/h5-7,10-11,18,21H,8-9,12H2,1-4H3;1H. The van der Waals surface area contributed by atoms with Crippen molar-refractivity contribution in [2.45, 2.75) is 38.6 Å². The Morgan fingerprint density at radius 1 is 1.15 bits per heavy atom. The minimum atomic E-state index is -3.60. The molecule has 1 aliphatic heterocycles. The average Bonchev–Trinajstić information content (AvgIpc) is 2.61. The summed E-state index contributed by atoms with van der Waals surface area (Å²) in [5.41, 5.74) is 4.61. The number of hydrogen-bond donors (Lipinski definition) is 1. The molecule has 142 valence electrons. The van der Waals surface area contributed by atoms with Crippen molar-refractivity contribution < 1.29 is 8.42 Å². The molecule has 1 aromatic carbocycles. The minimum Gasteiger partial charge on any atom is -0.313 e. The van der Waals surface area contributed by atoms with Gasteiger partial charge in [0.05, 0.1) is 10.9 Å². The molecule has 2 aromatic rings. The van der Waals surface area contributed by atoms with Crippen LogP contribution in [0.3, 0.4) is 0 Å². The lowest BCUT2D eigenvalue weighted by molar-refractivity contribution is 0.271. The Hall–Kier alpha value is -1.47. The van der Waals surface area contributed by atoms with E-state index in [0.717, 1.165) is 27.8 Å². The fraction of sp³-hybridized carbons (Fsp3) is 0.421. The molecule has 1 saturated heterocycles. The first-order valence-corrected chi connectivity index (χ1v) is 9.98. The monoisotopic (exact) mass is 395 g/mol. The molecule has 1 N–H and O–H groups in total. The van der Waals surface area contributed by atoms with Gasteiger partial charge in [-0.2, -0.15) is 4.31 Å². The van der Waals surface area contributed by atoms with Gasteiger partial charge in [-0.05, 0) is 61.6 Å². The van der Waals surface area contributed by atoms with Crippen LogP contribution >= 0.6 is 12.4 Å². The smallest absolute Gasteiger partial charge is 0.244 e. The summed E-state index contributed by atoms with van der Waals surface area (Å²) < 4.78 is 28.8. The van der Waals surface area contributed by atoms with Crippen molar-refractivity contribution in [2.75, 3.05) is 19.6 Å². The summed E-state index contributed by atoms with van der Waals surface area (Å²) in [6.45, 7) is 9.43. The first kappa shape index (κ1) is 20.8. The number of rotatable bonds is 3. The molecule has 1 fully saturated rings. The highest BCUT2D eigenvalue weighted by Crippen LogP contribution is 2.33. The van der Waals surface area contributed by atoms with E-state index in [2.05, 4.69) is 16.4 Å². The zero-order valence-electron chi connectivity index (χ0n) is 15.6. The number of aryl methyl sites for hydroxylation is 2. The summed E-state index contributed by atoms with van der Waals surface area (Å²) in [5.74, 6) is 0. The van der Waals surface area contributed by atoms with Gasteiger partial charge in [-0.3, -0.25) is 4.98 Å². The maximum absolute atomic E-state index is 13.6. The van der Waals surface area contributed by atoms with Crippen LogP contribution in [0, 0.1) is 27.7 Å². The molecule has 1 aromatic heterocycles. The second-order valence-corrected chi connectivity index (χ2v) is 8.54. The SMILES string of the molecule is Cc1cc(C)c(C)c(S(=O)(=O)N2CCNCC2c2cccnc2)c1C.Cl. The number of benzene rings is 1. The molecule has 26 heavy (non-hydrogen) atoms. The van der Waals surface area contributed by atoms with Gasteiger partial charge < -0.3 is 5.32 Å². The van der Waals surface area contributed by atoms with Gasteiger partial charge in [0.15, 0.2) is 0 Å². The van der Waals surface area contributed by atoms with Crippen LogP contribution in [0.4, 0.5) is 0 Å². The number of hydrogen-bond acceptors (Lipinski definition) is 4. The lowest BCUT2D eigenvalue weighted by Crippen LogP contribution is -2.48. The van der Waals surface area contributed by atoms with Crippen LogP contribution in [-0.2, 0) is 10.0 Å². The van der Waals surface area contributed by atoms with Gasteiger partial charge in [0.1, 0.15) is 0 Å². The van der Waals surface area contributed by atoms with E-state index in [1.165, 1.54) is 0 Å². The molecule has 2 heterocycles. The molecule has 3 rings (SSSR count).